The number of ether oxygens (including phenoxy) is 1. The van der Waals surface area contributed by atoms with E-state index in [9.17, 15) is 9.59 Å². The van der Waals surface area contributed by atoms with Crippen molar-refractivity contribution in [3.8, 4) is 0 Å². The van der Waals surface area contributed by atoms with Gasteiger partial charge in [-0.2, -0.15) is 0 Å². The Kier molecular flexibility index (Phi) is 4.75. The van der Waals surface area contributed by atoms with E-state index >= 15 is 0 Å². The van der Waals surface area contributed by atoms with Gasteiger partial charge in [0.1, 0.15) is 11.8 Å². The van der Waals surface area contributed by atoms with E-state index in [2.05, 4.69) is 5.32 Å². The molecule has 7 nitrogen and oxygen atoms in total. The van der Waals surface area contributed by atoms with Crippen LogP contribution in [-0.4, -0.2) is 49.1 Å². The third-order valence-electron chi connectivity index (χ3n) is 3.12. The Labute approximate surface area is 117 Å². The maximum absolute atomic E-state index is 12.4. The Morgan fingerprint density at radius 1 is 1.50 bits per heavy atom. The summed E-state index contributed by atoms with van der Waals surface area (Å²) in [5, 5.41) is 2.70. The Morgan fingerprint density at radius 2 is 2.30 bits per heavy atom. The number of nitrogens with two attached hydrogens (primary N) is 1. The maximum Gasteiger partial charge on any atom is 0.290 e. The molecular formula is C13H19N3O4. The van der Waals surface area contributed by atoms with Crippen LogP contribution in [0, 0.1) is 0 Å². The molecule has 1 fully saturated rings. The van der Waals surface area contributed by atoms with Crippen molar-refractivity contribution >= 4 is 11.8 Å². The lowest BCUT2D eigenvalue weighted by Crippen LogP contribution is -2.55. The molecule has 0 aromatic carbocycles. The van der Waals surface area contributed by atoms with E-state index in [0.717, 1.165) is 0 Å². The third-order valence-corrected chi connectivity index (χ3v) is 3.12. The van der Waals surface area contributed by atoms with Gasteiger partial charge in [-0.15, -0.1) is 0 Å². The second-order valence-corrected chi connectivity index (χ2v) is 4.45. The van der Waals surface area contributed by atoms with Crippen LogP contribution < -0.4 is 11.1 Å². The molecule has 1 aliphatic heterocycles. The van der Waals surface area contributed by atoms with Crippen molar-refractivity contribution < 1.29 is 18.7 Å². The molecule has 0 saturated carbocycles. The van der Waals surface area contributed by atoms with Crippen LogP contribution in [0.3, 0.4) is 0 Å². The van der Waals surface area contributed by atoms with Crippen molar-refractivity contribution in [1.29, 1.82) is 0 Å². The number of carbonyl (C=O) groups excluding carboxylic acids is 2. The number of nitrogens with one attached hydrogen (secondary N) is 1. The zero-order valence-electron chi connectivity index (χ0n) is 11.4. The van der Waals surface area contributed by atoms with Crippen molar-refractivity contribution in [2.24, 2.45) is 5.73 Å². The van der Waals surface area contributed by atoms with E-state index in [4.69, 9.17) is 14.9 Å². The lowest BCUT2D eigenvalue weighted by atomic mass is 10.2. The van der Waals surface area contributed by atoms with Gasteiger partial charge in [-0.1, -0.05) is 0 Å². The minimum atomic E-state index is -0.623. The highest BCUT2D eigenvalue weighted by molar-refractivity contribution is 5.95. The van der Waals surface area contributed by atoms with Crippen LogP contribution >= 0.6 is 0 Å². The lowest BCUT2D eigenvalue weighted by Gasteiger charge is -2.33. The van der Waals surface area contributed by atoms with E-state index in [-0.39, 0.29) is 30.7 Å². The number of morpholine rings is 1. The van der Waals surface area contributed by atoms with E-state index in [0.29, 0.717) is 25.5 Å². The molecule has 0 aliphatic carbocycles. The summed E-state index contributed by atoms with van der Waals surface area (Å²) in [4.78, 5) is 25.9. The standard InChI is InChI=1S/C13H19N3O4/c1-2-15-12(17)10-8-19-6-5-16(10)13(18)11-4-3-9(7-14)20-11/h3-4,10H,2,5-8,14H2,1H3,(H,15,17). The fourth-order valence-electron chi connectivity index (χ4n) is 2.10. The fourth-order valence-corrected chi connectivity index (χ4v) is 2.10. The molecule has 1 aliphatic rings. The van der Waals surface area contributed by atoms with Crippen LogP contribution in [0.5, 0.6) is 0 Å². The molecule has 1 unspecified atom stereocenters. The molecule has 1 aromatic rings. The zero-order chi connectivity index (χ0) is 14.5. The van der Waals surface area contributed by atoms with E-state index in [1.807, 2.05) is 6.92 Å². The predicted octanol–water partition coefficient (Wildman–Crippen LogP) is -0.285. The van der Waals surface area contributed by atoms with Crippen LogP contribution in [0.1, 0.15) is 23.2 Å². The SMILES string of the molecule is CCNC(=O)C1COCCN1C(=O)c1ccc(CN)o1. The molecule has 1 atom stereocenters. The van der Waals surface area contributed by atoms with Crippen molar-refractivity contribution in [2.45, 2.75) is 19.5 Å². The van der Waals surface area contributed by atoms with Crippen molar-refractivity contribution in [2.75, 3.05) is 26.3 Å². The second kappa shape index (κ2) is 6.53. The van der Waals surface area contributed by atoms with Crippen molar-refractivity contribution in [1.82, 2.24) is 10.2 Å². The molecule has 0 spiro atoms. The van der Waals surface area contributed by atoms with Crippen LogP contribution in [0.2, 0.25) is 0 Å². The van der Waals surface area contributed by atoms with Gasteiger partial charge in [0.25, 0.3) is 5.91 Å². The Bertz CT molecular complexity index is 486. The fraction of sp³-hybridized carbons (Fsp3) is 0.538. The van der Waals surface area contributed by atoms with E-state index in [1.54, 1.807) is 12.1 Å². The molecule has 2 amide bonds. The number of hydrogen-bond donors (Lipinski definition) is 2. The largest absolute Gasteiger partial charge is 0.455 e. The monoisotopic (exact) mass is 281 g/mol. The van der Waals surface area contributed by atoms with Gasteiger partial charge in [0.15, 0.2) is 5.76 Å². The Balaban J connectivity index is 2.14. The number of likely N-dealkylation sites (N-methyl/N-ethyl adjacent to an activating group) is 1. The average molecular weight is 281 g/mol. The molecule has 0 bridgehead atoms. The molecular weight excluding hydrogens is 262 g/mol. The summed E-state index contributed by atoms with van der Waals surface area (Å²) in [6.07, 6.45) is 0. The summed E-state index contributed by atoms with van der Waals surface area (Å²) in [7, 11) is 0. The lowest BCUT2D eigenvalue weighted by molar-refractivity contribution is -0.130. The Hall–Kier alpha value is -1.86. The van der Waals surface area contributed by atoms with Crippen LogP contribution in [-0.2, 0) is 16.1 Å². The van der Waals surface area contributed by atoms with Gasteiger partial charge in [-0.3, -0.25) is 9.59 Å². The number of carbonyl (C=O) groups is 2. The van der Waals surface area contributed by atoms with Crippen LogP contribution in [0.25, 0.3) is 0 Å². The summed E-state index contributed by atoms with van der Waals surface area (Å²) in [6, 6.07) is 2.62. The summed E-state index contributed by atoms with van der Waals surface area (Å²) in [5.74, 6) is 0.202. The summed E-state index contributed by atoms with van der Waals surface area (Å²) >= 11 is 0. The first-order valence-electron chi connectivity index (χ1n) is 6.62. The first kappa shape index (κ1) is 14.5. The molecule has 2 rings (SSSR count). The quantitative estimate of drug-likeness (QED) is 0.790. The molecule has 2 heterocycles. The van der Waals surface area contributed by atoms with E-state index < -0.39 is 6.04 Å². The van der Waals surface area contributed by atoms with Gasteiger partial charge in [0, 0.05) is 13.1 Å². The smallest absolute Gasteiger partial charge is 0.290 e. The number of rotatable bonds is 4. The van der Waals surface area contributed by atoms with Gasteiger partial charge in [0.05, 0.1) is 19.8 Å². The third kappa shape index (κ3) is 3.00. The van der Waals surface area contributed by atoms with Gasteiger partial charge < -0.3 is 25.1 Å². The topological polar surface area (TPSA) is 97.8 Å². The molecule has 3 N–H and O–H groups in total. The Morgan fingerprint density at radius 3 is 2.95 bits per heavy atom. The van der Waals surface area contributed by atoms with Gasteiger partial charge in [-0.05, 0) is 19.1 Å². The summed E-state index contributed by atoms with van der Waals surface area (Å²) in [5.41, 5.74) is 5.45. The first-order chi connectivity index (χ1) is 9.67. The van der Waals surface area contributed by atoms with Gasteiger partial charge in [-0.25, -0.2) is 0 Å². The second-order valence-electron chi connectivity index (χ2n) is 4.45. The molecule has 1 aromatic heterocycles. The van der Waals surface area contributed by atoms with Crippen molar-refractivity contribution in [3.05, 3.63) is 23.7 Å². The highest BCUT2D eigenvalue weighted by atomic mass is 16.5. The minimum Gasteiger partial charge on any atom is -0.455 e. The van der Waals surface area contributed by atoms with Crippen LogP contribution in [0.4, 0.5) is 0 Å². The molecule has 110 valence electrons. The summed E-state index contributed by atoms with van der Waals surface area (Å²) in [6.45, 7) is 3.53. The molecule has 0 radical (unpaired) electrons. The first-order valence-corrected chi connectivity index (χ1v) is 6.62. The minimum absolute atomic E-state index is 0.196. The normalized spacial score (nSPS) is 18.9. The predicted molar refractivity (Wildman–Crippen MR) is 70.9 cm³/mol. The van der Waals surface area contributed by atoms with E-state index in [1.165, 1.54) is 4.90 Å². The zero-order valence-corrected chi connectivity index (χ0v) is 11.4. The highest BCUT2D eigenvalue weighted by Crippen LogP contribution is 2.15. The maximum atomic E-state index is 12.4. The number of nitrogens with zero attached hydrogens (tertiary/aromatic N) is 1. The number of furan rings is 1. The molecule has 7 heteroatoms. The number of hydrogen-bond acceptors (Lipinski definition) is 5. The van der Waals surface area contributed by atoms with Gasteiger partial charge in [0.2, 0.25) is 5.91 Å². The number of amides is 2. The molecule has 1 saturated heterocycles. The molecule has 20 heavy (non-hydrogen) atoms. The van der Waals surface area contributed by atoms with Crippen LogP contribution in [0.15, 0.2) is 16.5 Å². The summed E-state index contributed by atoms with van der Waals surface area (Å²) < 4.78 is 10.6. The highest BCUT2D eigenvalue weighted by Gasteiger charge is 2.34. The van der Waals surface area contributed by atoms with Crippen molar-refractivity contribution in [3.63, 3.8) is 0 Å². The van der Waals surface area contributed by atoms with Gasteiger partial charge >= 0.3 is 0 Å². The average Bonchev–Trinajstić information content (AvgIpc) is 2.95.